The summed E-state index contributed by atoms with van der Waals surface area (Å²) in [7, 11) is 0. The molecule has 8 heteroatoms. The van der Waals surface area contributed by atoms with Crippen molar-refractivity contribution in [2.75, 3.05) is 6.61 Å². The van der Waals surface area contributed by atoms with Crippen molar-refractivity contribution in [1.82, 2.24) is 0 Å². The van der Waals surface area contributed by atoms with E-state index in [4.69, 9.17) is 14.2 Å². The monoisotopic (exact) mass is 448 g/mol. The second-order valence-corrected chi connectivity index (χ2v) is 11.1. The summed E-state index contributed by atoms with van der Waals surface area (Å²) in [4.78, 5) is 38.1. The molecule has 32 heavy (non-hydrogen) atoms. The number of hydrogen-bond acceptors (Lipinski definition) is 8. The lowest BCUT2D eigenvalue weighted by Gasteiger charge is -2.74. The smallest absolute Gasteiger partial charge is 0.303 e. The average Bonchev–Trinajstić information content (AvgIpc) is 2.89. The zero-order valence-corrected chi connectivity index (χ0v) is 19.1. The first kappa shape index (κ1) is 22.0. The van der Waals surface area contributed by atoms with Gasteiger partial charge in [-0.15, -0.1) is 0 Å². The van der Waals surface area contributed by atoms with Crippen LogP contribution in [0.4, 0.5) is 0 Å². The molecular formula is C24H32O8. The molecule has 0 radical (unpaired) electrons. The molecule has 4 bridgehead atoms. The zero-order chi connectivity index (χ0) is 23.4. The van der Waals surface area contributed by atoms with Crippen LogP contribution in [0.2, 0.25) is 0 Å². The minimum atomic E-state index is -1.98. The summed E-state index contributed by atoms with van der Waals surface area (Å²) in [5, 5.41) is 23.2. The van der Waals surface area contributed by atoms with Crippen molar-refractivity contribution in [1.29, 1.82) is 0 Å². The van der Waals surface area contributed by atoms with E-state index in [-0.39, 0.29) is 30.6 Å². The van der Waals surface area contributed by atoms with Crippen molar-refractivity contribution in [3.63, 3.8) is 0 Å². The van der Waals surface area contributed by atoms with Gasteiger partial charge in [-0.25, -0.2) is 0 Å². The van der Waals surface area contributed by atoms with Crippen LogP contribution in [0.15, 0.2) is 12.2 Å². The van der Waals surface area contributed by atoms with Gasteiger partial charge in [0.15, 0.2) is 6.10 Å². The quantitative estimate of drug-likeness (QED) is 0.482. The maximum absolute atomic E-state index is 13.8. The van der Waals surface area contributed by atoms with Gasteiger partial charge in [0.25, 0.3) is 0 Å². The maximum atomic E-state index is 13.8. The fourth-order valence-corrected chi connectivity index (χ4v) is 8.36. The first-order valence-corrected chi connectivity index (χ1v) is 11.4. The second-order valence-electron chi connectivity index (χ2n) is 11.1. The second kappa shape index (κ2) is 6.42. The van der Waals surface area contributed by atoms with E-state index in [1.807, 2.05) is 13.8 Å². The number of aliphatic hydroxyl groups is 2. The number of carbonyl (C=O) groups is 3. The minimum absolute atomic E-state index is 0.00713. The van der Waals surface area contributed by atoms with Crippen molar-refractivity contribution >= 4 is 17.7 Å². The van der Waals surface area contributed by atoms with Gasteiger partial charge >= 0.3 is 11.9 Å². The molecule has 2 heterocycles. The number of esters is 2. The highest BCUT2D eigenvalue weighted by Crippen LogP contribution is 2.77. The van der Waals surface area contributed by atoms with Crippen LogP contribution in [0.25, 0.3) is 0 Å². The van der Waals surface area contributed by atoms with Crippen LogP contribution in [0.5, 0.6) is 0 Å². The van der Waals surface area contributed by atoms with Gasteiger partial charge < -0.3 is 24.4 Å². The molecule has 4 aliphatic carbocycles. The number of rotatable bonds is 2. The molecule has 2 N–H and O–H groups in total. The predicted molar refractivity (Wildman–Crippen MR) is 110 cm³/mol. The van der Waals surface area contributed by atoms with Crippen molar-refractivity contribution in [3.8, 4) is 0 Å². The van der Waals surface area contributed by atoms with Crippen LogP contribution in [0, 0.1) is 34.0 Å². The Morgan fingerprint density at radius 1 is 1.16 bits per heavy atom. The van der Waals surface area contributed by atoms with Gasteiger partial charge in [0.05, 0.1) is 23.5 Å². The molecule has 2 unspecified atom stereocenters. The summed E-state index contributed by atoms with van der Waals surface area (Å²) in [5.74, 6) is -4.24. The first-order valence-electron chi connectivity index (χ1n) is 11.4. The molecule has 4 saturated carbocycles. The number of carbonyl (C=O) groups excluding carboxylic acids is 3. The lowest BCUT2D eigenvalue weighted by molar-refractivity contribution is -0.447. The number of ketones is 1. The van der Waals surface area contributed by atoms with Gasteiger partial charge in [-0.1, -0.05) is 20.4 Å². The third kappa shape index (κ3) is 2.26. The summed E-state index contributed by atoms with van der Waals surface area (Å²) in [6.07, 6.45) is -1.18. The molecule has 9 atom stereocenters. The van der Waals surface area contributed by atoms with E-state index in [9.17, 15) is 24.6 Å². The summed E-state index contributed by atoms with van der Waals surface area (Å²) in [5.41, 5.74) is -2.33. The fraction of sp³-hybridized carbons (Fsp3) is 0.792. The minimum Gasteiger partial charge on any atom is -0.457 e. The lowest BCUT2D eigenvalue weighted by Crippen LogP contribution is -2.85. The molecule has 2 aliphatic heterocycles. The van der Waals surface area contributed by atoms with E-state index in [1.165, 1.54) is 13.8 Å². The van der Waals surface area contributed by atoms with Crippen LogP contribution >= 0.6 is 0 Å². The third-order valence-corrected chi connectivity index (χ3v) is 9.54. The van der Waals surface area contributed by atoms with Gasteiger partial charge in [-0.3, -0.25) is 14.4 Å². The Labute approximate surface area is 187 Å². The molecule has 6 aliphatic rings. The van der Waals surface area contributed by atoms with Crippen LogP contribution < -0.4 is 0 Å². The average molecular weight is 449 g/mol. The number of hydrogen-bond donors (Lipinski definition) is 2. The van der Waals surface area contributed by atoms with Crippen molar-refractivity contribution < 1.29 is 38.8 Å². The van der Waals surface area contributed by atoms with E-state index in [0.29, 0.717) is 18.4 Å². The molecule has 2 saturated heterocycles. The third-order valence-electron chi connectivity index (χ3n) is 9.54. The van der Waals surface area contributed by atoms with E-state index < -0.39 is 58.2 Å². The van der Waals surface area contributed by atoms with Crippen LogP contribution in [-0.4, -0.2) is 58.6 Å². The largest absolute Gasteiger partial charge is 0.457 e. The Bertz CT molecular complexity index is 925. The molecule has 8 nitrogen and oxygen atoms in total. The van der Waals surface area contributed by atoms with Gasteiger partial charge in [0, 0.05) is 26.2 Å². The van der Waals surface area contributed by atoms with Crippen LogP contribution in [0.3, 0.4) is 0 Å². The first-order chi connectivity index (χ1) is 14.8. The van der Waals surface area contributed by atoms with E-state index >= 15 is 0 Å². The predicted octanol–water partition coefficient (Wildman–Crippen LogP) is 1.52. The summed E-state index contributed by atoms with van der Waals surface area (Å²) in [6.45, 7) is 10.5. The van der Waals surface area contributed by atoms with Gasteiger partial charge in [-0.2, -0.15) is 0 Å². The molecule has 0 aromatic heterocycles. The number of Topliss-reactive ketones (excluding diaryl/α,β-unsaturated/α-hetero) is 1. The van der Waals surface area contributed by atoms with E-state index in [2.05, 4.69) is 6.58 Å². The number of aliphatic hydroxyl groups excluding tert-OH is 1. The van der Waals surface area contributed by atoms with Crippen LogP contribution in [-0.2, 0) is 28.6 Å². The Kier molecular flexibility index (Phi) is 4.42. The summed E-state index contributed by atoms with van der Waals surface area (Å²) < 4.78 is 17.7. The molecule has 176 valence electrons. The highest BCUT2D eigenvalue weighted by molar-refractivity contribution is 5.88. The van der Waals surface area contributed by atoms with Gasteiger partial charge in [0.2, 0.25) is 5.79 Å². The summed E-state index contributed by atoms with van der Waals surface area (Å²) >= 11 is 0. The van der Waals surface area contributed by atoms with E-state index in [0.717, 1.165) is 6.42 Å². The highest BCUT2D eigenvalue weighted by atomic mass is 16.7. The van der Waals surface area contributed by atoms with Crippen molar-refractivity contribution in [2.45, 2.75) is 77.5 Å². The number of ether oxygens (including phenoxy) is 3. The molecule has 0 aromatic carbocycles. The SMILES string of the molecule is C=C1[C@H]2CC[C@H]3C45CO[C@@](O)([C@@H](OC(C)=O)[C@@H]4C(C)(C)[C@@H](O)CC5=O)C3(C2)[C@@H]1OC(C)=O. The molecule has 0 aromatic rings. The van der Waals surface area contributed by atoms with E-state index in [1.54, 1.807) is 0 Å². The Balaban J connectivity index is 1.79. The maximum Gasteiger partial charge on any atom is 0.303 e. The normalized spacial score (nSPS) is 50.4. The van der Waals surface area contributed by atoms with Crippen LogP contribution in [0.1, 0.15) is 53.4 Å². The molecule has 6 rings (SSSR count). The molecule has 0 amide bonds. The summed E-state index contributed by atoms with van der Waals surface area (Å²) in [6, 6.07) is 0. The zero-order valence-electron chi connectivity index (χ0n) is 19.1. The highest BCUT2D eigenvalue weighted by Gasteiger charge is 2.86. The fourth-order valence-electron chi connectivity index (χ4n) is 8.36. The Morgan fingerprint density at radius 2 is 1.81 bits per heavy atom. The Morgan fingerprint density at radius 3 is 2.44 bits per heavy atom. The Hall–Kier alpha value is -1.77. The van der Waals surface area contributed by atoms with Crippen molar-refractivity contribution in [3.05, 3.63) is 12.2 Å². The van der Waals surface area contributed by atoms with Crippen molar-refractivity contribution in [2.24, 2.45) is 34.0 Å². The molecular weight excluding hydrogens is 416 g/mol. The molecule has 2 spiro atoms. The number of fused-ring (bicyclic) bond motifs is 2. The van der Waals surface area contributed by atoms with Gasteiger partial charge in [0.1, 0.15) is 11.9 Å². The lowest BCUT2D eigenvalue weighted by atomic mass is 9.36. The molecule has 6 fully saturated rings. The van der Waals surface area contributed by atoms with Gasteiger partial charge in [-0.05, 0) is 42.1 Å². The topological polar surface area (TPSA) is 119 Å². The standard InChI is InChI=1S/C24H32O8/c1-11-14-6-7-15-22-10-30-24(29,23(15,9-14)19(11)31-12(2)25)20(32-13(3)26)18(22)21(4,5)16(27)8-17(22)28/h14-16,18-20,27,29H,1,6-10H2,2-5H3/t14-,15-,16-,18+,19+,20-,22?,23?,24-/m0/s1.